The quantitative estimate of drug-likeness (QED) is 0.819. The number of aromatic nitrogens is 1. The summed E-state index contributed by atoms with van der Waals surface area (Å²) in [6.45, 7) is 6.79. The van der Waals surface area contributed by atoms with Crippen LogP contribution in [0.2, 0.25) is 0 Å². The third kappa shape index (κ3) is 5.73. The second kappa shape index (κ2) is 8.40. The van der Waals surface area contributed by atoms with Crippen LogP contribution in [0.15, 0.2) is 18.5 Å². The zero-order valence-corrected chi connectivity index (χ0v) is 13.7. The van der Waals surface area contributed by atoms with E-state index in [0.717, 1.165) is 12.8 Å². The van der Waals surface area contributed by atoms with Crippen molar-refractivity contribution in [3.05, 3.63) is 24.0 Å². The molecule has 0 bridgehead atoms. The molecule has 1 fully saturated rings. The van der Waals surface area contributed by atoms with Crippen LogP contribution < -0.4 is 10.2 Å². The van der Waals surface area contributed by atoms with E-state index in [9.17, 15) is 14.7 Å². The van der Waals surface area contributed by atoms with E-state index >= 15 is 0 Å². The Balaban J connectivity index is 0.00000288. The fourth-order valence-electron chi connectivity index (χ4n) is 2.56. The molecule has 8 heteroatoms. The van der Waals surface area contributed by atoms with Gasteiger partial charge in [-0.15, -0.1) is 0 Å². The summed E-state index contributed by atoms with van der Waals surface area (Å²) >= 11 is 0. The molecule has 1 saturated heterocycles. The first-order chi connectivity index (χ1) is 10.8. The summed E-state index contributed by atoms with van der Waals surface area (Å²) in [5, 5.41) is 12.1. The molecule has 2 rings (SSSR count). The summed E-state index contributed by atoms with van der Waals surface area (Å²) in [6, 6.07) is 1.54. The molecule has 7 nitrogen and oxygen atoms in total. The SMILES string of the molecule is CC(C)(C)OC(=O)NC1CCN(c2cnccc2C(=O)O)CC1.[LiH]. The molecule has 1 aromatic rings. The summed E-state index contributed by atoms with van der Waals surface area (Å²) in [6.07, 6.45) is 4.10. The first kappa shape index (κ1) is 20.3. The number of alkyl carbamates (subject to hydrolysis) is 1. The van der Waals surface area contributed by atoms with E-state index in [-0.39, 0.29) is 30.5 Å². The van der Waals surface area contributed by atoms with Gasteiger partial charge in [0.15, 0.2) is 0 Å². The van der Waals surface area contributed by atoms with Gasteiger partial charge < -0.3 is 20.1 Å². The number of hydrogen-bond donors (Lipinski definition) is 2. The number of nitrogens with zero attached hydrogens (tertiary/aromatic N) is 2. The van der Waals surface area contributed by atoms with Crippen LogP contribution in [0, 0.1) is 0 Å². The van der Waals surface area contributed by atoms with Crippen LogP contribution in [0.1, 0.15) is 44.0 Å². The van der Waals surface area contributed by atoms with Crippen molar-refractivity contribution in [1.82, 2.24) is 10.3 Å². The van der Waals surface area contributed by atoms with E-state index in [1.54, 1.807) is 6.20 Å². The number of nitrogens with one attached hydrogen (secondary N) is 1. The monoisotopic (exact) mass is 329 g/mol. The Bertz CT molecular complexity index is 581. The van der Waals surface area contributed by atoms with Crippen LogP contribution in [-0.2, 0) is 4.74 Å². The molecule has 1 aliphatic heterocycles. The van der Waals surface area contributed by atoms with E-state index < -0.39 is 17.7 Å². The Labute approximate surface area is 153 Å². The van der Waals surface area contributed by atoms with Crippen LogP contribution in [0.3, 0.4) is 0 Å². The predicted molar refractivity (Wildman–Crippen MR) is 93.0 cm³/mol. The fraction of sp³-hybridized carbons (Fsp3) is 0.562. The molecule has 0 aliphatic carbocycles. The molecule has 0 radical (unpaired) electrons. The molecule has 0 atom stereocenters. The number of hydrogen-bond acceptors (Lipinski definition) is 5. The van der Waals surface area contributed by atoms with Crippen LogP contribution in [0.25, 0.3) is 0 Å². The van der Waals surface area contributed by atoms with E-state index in [1.165, 1.54) is 12.3 Å². The number of aromatic carboxylic acids is 1. The first-order valence-electron chi connectivity index (χ1n) is 7.68. The Morgan fingerprint density at radius 1 is 1.33 bits per heavy atom. The average Bonchev–Trinajstić information content (AvgIpc) is 2.46. The molecule has 1 amide bonds. The molecule has 1 aliphatic rings. The van der Waals surface area contributed by atoms with Crippen molar-refractivity contribution in [2.45, 2.75) is 45.3 Å². The van der Waals surface area contributed by atoms with Gasteiger partial charge in [0.05, 0.1) is 17.4 Å². The molecule has 0 saturated carbocycles. The van der Waals surface area contributed by atoms with Crippen LogP contribution >= 0.6 is 0 Å². The zero-order chi connectivity index (χ0) is 17.0. The predicted octanol–water partition coefficient (Wildman–Crippen LogP) is 1.62. The number of anilines is 1. The number of carbonyl (C=O) groups excluding carboxylic acids is 1. The van der Waals surface area contributed by atoms with Crippen LogP contribution in [-0.4, -0.2) is 65.7 Å². The van der Waals surface area contributed by atoms with Gasteiger partial charge in [-0.2, -0.15) is 0 Å². The maximum atomic E-state index is 11.8. The van der Waals surface area contributed by atoms with Crippen LogP contribution in [0.4, 0.5) is 10.5 Å². The molecule has 24 heavy (non-hydrogen) atoms. The summed E-state index contributed by atoms with van der Waals surface area (Å²) < 4.78 is 5.25. The van der Waals surface area contributed by atoms with Gasteiger partial charge in [-0.25, -0.2) is 9.59 Å². The summed E-state index contributed by atoms with van der Waals surface area (Å²) in [5.41, 5.74) is 0.353. The van der Waals surface area contributed by atoms with Gasteiger partial charge in [0, 0.05) is 25.3 Å². The topological polar surface area (TPSA) is 91.8 Å². The number of pyridine rings is 1. The van der Waals surface area contributed by atoms with Gasteiger partial charge in [-0.05, 0) is 39.7 Å². The fourth-order valence-corrected chi connectivity index (χ4v) is 2.56. The Morgan fingerprint density at radius 3 is 2.50 bits per heavy atom. The van der Waals surface area contributed by atoms with Gasteiger partial charge in [0.1, 0.15) is 5.60 Å². The first-order valence-corrected chi connectivity index (χ1v) is 7.68. The van der Waals surface area contributed by atoms with E-state index in [4.69, 9.17) is 4.74 Å². The zero-order valence-electron chi connectivity index (χ0n) is 13.7. The molecule has 2 heterocycles. The van der Waals surface area contributed by atoms with Crippen molar-refractivity contribution in [2.24, 2.45) is 0 Å². The number of carbonyl (C=O) groups is 2. The number of piperidine rings is 1. The summed E-state index contributed by atoms with van der Waals surface area (Å²) in [4.78, 5) is 29.1. The normalized spacial score (nSPS) is 15.4. The van der Waals surface area contributed by atoms with Gasteiger partial charge >= 0.3 is 30.9 Å². The van der Waals surface area contributed by atoms with E-state index in [1.807, 2.05) is 25.7 Å². The molecule has 0 unspecified atom stereocenters. The van der Waals surface area contributed by atoms with Crippen molar-refractivity contribution >= 4 is 36.6 Å². The molecule has 0 aromatic carbocycles. The van der Waals surface area contributed by atoms with Crippen molar-refractivity contribution in [3.63, 3.8) is 0 Å². The maximum absolute atomic E-state index is 11.8. The number of rotatable bonds is 3. The van der Waals surface area contributed by atoms with Gasteiger partial charge in [0.25, 0.3) is 0 Å². The van der Waals surface area contributed by atoms with Crippen molar-refractivity contribution < 1.29 is 19.4 Å². The standard InChI is InChI=1S/C16H23N3O4.Li.H/c1-16(2,3)23-15(22)18-11-5-8-19(9-6-11)13-10-17-7-4-12(13)14(20)21;;/h4,7,10-11H,5-6,8-9H2,1-3H3,(H,18,22)(H,20,21);;. The van der Waals surface area contributed by atoms with Crippen LogP contribution in [0.5, 0.6) is 0 Å². The molecule has 2 N–H and O–H groups in total. The molecule has 0 spiro atoms. The van der Waals surface area contributed by atoms with Gasteiger partial charge in [-0.3, -0.25) is 4.98 Å². The van der Waals surface area contributed by atoms with Crippen molar-refractivity contribution in [1.29, 1.82) is 0 Å². The van der Waals surface area contributed by atoms with Crippen molar-refractivity contribution in [2.75, 3.05) is 18.0 Å². The van der Waals surface area contributed by atoms with E-state index in [2.05, 4.69) is 10.3 Å². The minimum absolute atomic E-state index is 0. The molecule has 1 aromatic heterocycles. The minimum atomic E-state index is -0.962. The van der Waals surface area contributed by atoms with Crippen molar-refractivity contribution in [3.8, 4) is 0 Å². The third-order valence-corrected chi connectivity index (χ3v) is 3.59. The average molecular weight is 329 g/mol. The number of ether oxygens (including phenoxy) is 1. The molecular formula is C16H24LiN3O4. The van der Waals surface area contributed by atoms with Gasteiger partial charge in [0.2, 0.25) is 0 Å². The summed E-state index contributed by atoms with van der Waals surface area (Å²) in [7, 11) is 0. The third-order valence-electron chi connectivity index (χ3n) is 3.59. The van der Waals surface area contributed by atoms with E-state index in [0.29, 0.717) is 18.8 Å². The Kier molecular flexibility index (Phi) is 7.12. The number of carboxylic acid groups (broad SMARTS) is 1. The Morgan fingerprint density at radius 2 is 1.96 bits per heavy atom. The molecular weight excluding hydrogens is 305 g/mol. The second-order valence-electron chi connectivity index (χ2n) is 6.61. The molecule has 128 valence electrons. The van der Waals surface area contributed by atoms with Gasteiger partial charge in [-0.1, -0.05) is 0 Å². The number of carboxylic acids is 1. The number of amides is 1. The summed E-state index contributed by atoms with van der Waals surface area (Å²) in [5.74, 6) is -0.962. The second-order valence-corrected chi connectivity index (χ2v) is 6.61. The Hall–Kier alpha value is -1.71.